The molecule has 0 unspecified atom stereocenters. The van der Waals surface area contributed by atoms with E-state index in [-0.39, 0.29) is 0 Å². The van der Waals surface area contributed by atoms with Gasteiger partial charge in [0.1, 0.15) is 17.5 Å². The summed E-state index contributed by atoms with van der Waals surface area (Å²) in [5.74, 6) is 9.48. The van der Waals surface area contributed by atoms with Crippen LogP contribution < -0.4 is 16.6 Å². The molecule has 1 heterocycles. The molecular formula is C15H25N5. The van der Waals surface area contributed by atoms with E-state index in [1.165, 1.54) is 51.4 Å². The predicted octanol–water partition coefficient (Wildman–Crippen LogP) is 3.02. The van der Waals surface area contributed by atoms with Gasteiger partial charge in [-0.2, -0.15) is 0 Å². The zero-order valence-corrected chi connectivity index (χ0v) is 12.1. The molecule has 3 rings (SSSR count). The molecule has 0 radical (unpaired) electrons. The summed E-state index contributed by atoms with van der Waals surface area (Å²) < 4.78 is 0. The van der Waals surface area contributed by atoms with E-state index in [0.717, 1.165) is 24.1 Å². The molecule has 0 saturated heterocycles. The van der Waals surface area contributed by atoms with Crippen LogP contribution in [0.25, 0.3) is 0 Å². The van der Waals surface area contributed by atoms with Gasteiger partial charge in [-0.3, -0.25) is 0 Å². The fourth-order valence-electron chi connectivity index (χ4n) is 3.03. The maximum atomic E-state index is 5.49. The molecule has 1 aromatic heterocycles. The Hall–Kier alpha value is -1.36. The van der Waals surface area contributed by atoms with Crippen LogP contribution in [0, 0.1) is 5.92 Å². The minimum absolute atomic E-state index is 0.544. The van der Waals surface area contributed by atoms with Crippen LogP contribution in [0.15, 0.2) is 6.07 Å². The van der Waals surface area contributed by atoms with Crippen LogP contribution in [0.2, 0.25) is 0 Å². The Labute approximate surface area is 120 Å². The summed E-state index contributed by atoms with van der Waals surface area (Å²) in [4.78, 5) is 9.03. The van der Waals surface area contributed by atoms with Crippen LogP contribution in [0.5, 0.6) is 0 Å². The van der Waals surface area contributed by atoms with Crippen molar-refractivity contribution in [3.05, 3.63) is 11.9 Å². The Bertz CT molecular complexity index is 438. The van der Waals surface area contributed by atoms with Gasteiger partial charge in [0.05, 0.1) is 0 Å². The summed E-state index contributed by atoms with van der Waals surface area (Å²) in [6, 6.07) is 1.90. The topological polar surface area (TPSA) is 75.9 Å². The monoisotopic (exact) mass is 275 g/mol. The first-order chi connectivity index (χ1) is 9.85. The first-order valence-electron chi connectivity index (χ1n) is 7.94. The number of nitrogens with one attached hydrogen (secondary N) is 2. The first-order valence-corrected chi connectivity index (χ1v) is 7.94. The SMILES string of the molecule is NNc1cc(NCCC2CCCCC2)nc(C2CC2)n1. The number of nitrogens with zero attached hydrogens (tertiary/aromatic N) is 2. The van der Waals surface area contributed by atoms with Crippen molar-refractivity contribution < 1.29 is 0 Å². The molecule has 20 heavy (non-hydrogen) atoms. The molecule has 0 amide bonds. The predicted molar refractivity (Wildman–Crippen MR) is 81.5 cm³/mol. The number of hydrazine groups is 1. The molecule has 4 N–H and O–H groups in total. The van der Waals surface area contributed by atoms with Crippen molar-refractivity contribution in [3.63, 3.8) is 0 Å². The van der Waals surface area contributed by atoms with Crippen molar-refractivity contribution in [3.8, 4) is 0 Å². The first kappa shape index (κ1) is 13.6. The van der Waals surface area contributed by atoms with Crippen LogP contribution in [0.4, 0.5) is 11.6 Å². The number of nitrogens with two attached hydrogens (primary N) is 1. The lowest BCUT2D eigenvalue weighted by Gasteiger charge is -2.21. The molecule has 0 spiro atoms. The number of rotatable bonds is 6. The zero-order chi connectivity index (χ0) is 13.8. The van der Waals surface area contributed by atoms with Crippen LogP contribution >= 0.6 is 0 Å². The van der Waals surface area contributed by atoms with Crippen LogP contribution in [-0.4, -0.2) is 16.5 Å². The molecule has 2 aliphatic rings. The molecule has 2 aliphatic carbocycles. The van der Waals surface area contributed by atoms with Crippen molar-refractivity contribution in [2.24, 2.45) is 11.8 Å². The highest BCUT2D eigenvalue weighted by Crippen LogP contribution is 2.38. The van der Waals surface area contributed by atoms with Gasteiger partial charge in [0, 0.05) is 18.5 Å². The molecule has 0 atom stereocenters. The summed E-state index contributed by atoms with van der Waals surface area (Å²) >= 11 is 0. The van der Waals surface area contributed by atoms with Gasteiger partial charge >= 0.3 is 0 Å². The molecule has 110 valence electrons. The lowest BCUT2D eigenvalue weighted by molar-refractivity contribution is 0.345. The molecule has 1 aromatic rings. The second kappa shape index (κ2) is 6.39. The second-order valence-corrected chi connectivity index (χ2v) is 6.13. The van der Waals surface area contributed by atoms with Gasteiger partial charge in [0.25, 0.3) is 0 Å². The fraction of sp³-hybridized carbons (Fsp3) is 0.733. The number of anilines is 2. The zero-order valence-electron chi connectivity index (χ0n) is 12.1. The average molecular weight is 275 g/mol. The Morgan fingerprint density at radius 3 is 2.50 bits per heavy atom. The van der Waals surface area contributed by atoms with E-state index in [1.807, 2.05) is 6.07 Å². The molecule has 2 fully saturated rings. The van der Waals surface area contributed by atoms with E-state index in [9.17, 15) is 0 Å². The van der Waals surface area contributed by atoms with E-state index in [1.54, 1.807) is 0 Å². The van der Waals surface area contributed by atoms with Gasteiger partial charge in [-0.25, -0.2) is 15.8 Å². The number of hydrogen-bond acceptors (Lipinski definition) is 5. The Balaban J connectivity index is 1.54. The molecular weight excluding hydrogens is 250 g/mol. The molecule has 5 nitrogen and oxygen atoms in total. The third kappa shape index (κ3) is 3.60. The highest BCUT2D eigenvalue weighted by atomic mass is 15.3. The van der Waals surface area contributed by atoms with Crippen molar-refractivity contribution in [1.82, 2.24) is 9.97 Å². The number of hydrogen-bond donors (Lipinski definition) is 3. The van der Waals surface area contributed by atoms with Crippen molar-refractivity contribution in [2.45, 2.75) is 57.3 Å². The minimum Gasteiger partial charge on any atom is -0.370 e. The minimum atomic E-state index is 0.544. The van der Waals surface area contributed by atoms with E-state index < -0.39 is 0 Å². The van der Waals surface area contributed by atoms with E-state index in [0.29, 0.717) is 11.7 Å². The third-order valence-corrected chi connectivity index (χ3v) is 4.42. The summed E-state index contributed by atoms with van der Waals surface area (Å²) in [7, 11) is 0. The molecule has 2 saturated carbocycles. The van der Waals surface area contributed by atoms with Gasteiger partial charge < -0.3 is 10.7 Å². The summed E-state index contributed by atoms with van der Waals surface area (Å²) in [5.41, 5.74) is 2.64. The Morgan fingerprint density at radius 1 is 1.05 bits per heavy atom. The summed E-state index contributed by atoms with van der Waals surface area (Å²) in [5, 5.41) is 3.44. The van der Waals surface area contributed by atoms with Crippen molar-refractivity contribution in [1.29, 1.82) is 0 Å². The lowest BCUT2D eigenvalue weighted by atomic mass is 9.87. The van der Waals surface area contributed by atoms with Gasteiger partial charge in [-0.05, 0) is 25.2 Å². The summed E-state index contributed by atoms with van der Waals surface area (Å²) in [6.07, 6.45) is 10.7. The standard InChI is InChI=1S/C15H25N5/c16-20-14-10-13(18-15(19-14)12-6-7-12)17-9-8-11-4-2-1-3-5-11/h10-12H,1-9,16H2,(H2,17,18,19,20). The van der Waals surface area contributed by atoms with Gasteiger partial charge in [0.15, 0.2) is 0 Å². The van der Waals surface area contributed by atoms with E-state index in [4.69, 9.17) is 5.84 Å². The Morgan fingerprint density at radius 2 is 1.80 bits per heavy atom. The maximum Gasteiger partial charge on any atom is 0.145 e. The van der Waals surface area contributed by atoms with Gasteiger partial charge in [-0.1, -0.05) is 32.1 Å². The normalized spacial score (nSPS) is 19.9. The second-order valence-electron chi connectivity index (χ2n) is 6.13. The maximum absolute atomic E-state index is 5.49. The van der Waals surface area contributed by atoms with Gasteiger partial charge in [-0.15, -0.1) is 0 Å². The van der Waals surface area contributed by atoms with Crippen LogP contribution in [0.1, 0.15) is 63.1 Å². The third-order valence-electron chi connectivity index (χ3n) is 4.42. The van der Waals surface area contributed by atoms with Crippen molar-refractivity contribution in [2.75, 3.05) is 17.3 Å². The smallest absolute Gasteiger partial charge is 0.145 e. The highest BCUT2D eigenvalue weighted by molar-refractivity contribution is 5.47. The molecule has 5 heteroatoms. The molecule has 0 bridgehead atoms. The summed E-state index contributed by atoms with van der Waals surface area (Å²) in [6.45, 7) is 0.996. The highest BCUT2D eigenvalue weighted by Gasteiger charge is 2.27. The largest absolute Gasteiger partial charge is 0.370 e. The fourth-order valence-corrected chi connectivity index (χ4v) is 3.03. The van der Waals surface area contributed by atoms with E-state index >= 15 is 0 Å². The van der Waals surface area contributed by atoms with Crippen molar-refractivity contribution >= 4 is 11.6 Å². The molecule has 0 aliphatic heterocycles. The quantitative estimate of drug-likeness (QED) is 0.549. The number of nitrogen functional groups attached to an aromatic ring is 1. The van der Waals surface area contributed by atoms with Crippen LogP contribution in [-0.2, 0) is 0 Å². The number of aromatic nitrogens is 2. The molecule has 0 aromatic carbocycles. The average Bonchev–Trinajstić information content (AvgIpc) is 3.33. The Kier molecular flexibility index (Phi) is 4.35. The van der Waals surface area contributed by atoms with E-state index in [2.05, 4.69) is 20.7 Å². The van der Waals surface area contributed by atoms with Crippen LogP contribution in [0.3, 0.4) is 0 Å². The lowest BCUT2D eigenvalue weighted by Crippen LogP contribution is -2.15. The van der Waals surface area contributed by atoms with Gasteiger partial charge in [0.2, 0.25) is 0 Å².